The van der Waals surface area contributed by atoms with E-state index in [0.717, 1.165) is 16.5 Å². The van der Waals surface area contributed by atoms with E-state index in [-0.39, 0.29) is 25.0 Å². The normalized spacial score (nSPS) is 13.6. The first-order valence-electron chi connectivity index (χ1n) is 11.9. The van der Waals surface area contributed by atoms with Gasteiger partial charge in [-0.15, -0.1) is 0 Å². The lowest BCUT2D eigenvalue weighted by Gasteiger charge is -2.23. The molecule has 3 aromatic rings. The predicted molar refractivity (Wildman–Crippen MR) is 136 cm³/mol. The Kier molecular flexibility index (Phi) is 9.43. The number of phenols is 1. The van der Waals surface area contributed by atoms with Crippen LogP contribution in [0.4, 0.5) is 0 Å². The van der Waals surface area contributed by atoms with Gasteiger partial charge in [-0.2, -0.15) is 0 Å². The van der Waals surface area contributed by atoms with Crippen molar-refractivity contribution in [1.29, 1.82) is 0 Å². The molecule has 10 heteroatoms. The summed E-state index contributed by atoms with van der Waals surface area (Å²) in [4.78, 5) is 40.9. The Morgan fingerprint density at radius 3 is 2.31 bits per heavy atom. The molecule has 10 nitrogen and oxygen atoms in total. The number of aromatic nitrogens is 1. The zero-order valence-electron chi connectivity index (χ0n) is 19.9. The van der Waals surface area contributed by atoms with Crippen LogP contribution in [0.5, 0.6) is 5.75 Å². The number of phenolic OH excluding ortho intramolecular Hbond substituents is 1. The Balaban J connectivity index is 1.72. The number of aromatic hydroxyl groups is 1. The Hall–Kier alpha value is -3.89. The summed E-state index contributed by atoms with van der Waals surface area (Å²) < 4.78 is 0. The van der Waals surface area contributed by atoms with Gasteiger partial charge in [0.15, 0.2) is 0 Å². The van der Waals surface area contributed by atoms with Gasteiger partial charge in [-0.25, -0.2) is 4.79 Å². The first-order valence-corrected chi connectivity index (χ1v) is 11.9. The number of unbranched alkanes of at least 4 members (excludes halogenated alkanes) is 1. The Morgan fingerprint density at radius 1 is 0.917 bits per heavy atom. The average molecular weight is 496 g/mol. The highest BCUT2D eigenvalue weighted by Crippen LogP contribution is 2.19. The van der Waals surface area contributed by atoms with Gasteiger partial charge in [0.2, 0.25) is 11.8 Å². The molecule has 3 unspecified atom stereocenters. The van der Waals surface area contributed by atoms with Crippen LogP contribution in [0, 0.1) is 0 Å². The number of aliphatic carboxylic acids is 1. The van der Waals surface area contributed by atoms with Crippen LogP contribution in [0.2, 0.25) is 0 Å². The lowest BCUT2D eigenvalue weighted by atomic mass is 10.0. The van der Waals surface area contributed by atoms with Crippen molar-refractivity contribution in [2.75, 3.05) is 6.54 Å². The number of benzene rings is 2. The smallest absolute Gasteiger partial charge is 0.326 e. The van der Waals surface area contributed by atoms with E-state index in [1.54, 1.807) is 18.3 Å². The molecule has 0 aliphatic rings. The van der Waals surface area contributed by atoms with Gasteiger partial charge in [-0.05, 0) is 61.6 Å². The fourth-order valence-electron chi connectivity index (χ4n) is 4.01. The van der Waals surface area contributed by atoms with Crippen LogP contribution in [-0.2, 0) is 27.2 Å². The molecule has 0 fully saturated rings. The molecule has 2 amide bonds. The van der Waals surface area contributed by atoms with E-state index in [2.05, 4.69) is 15.6 Å². The van der Waals surface area contributed by atoms with Gasteiger partial charge in [0.1, 0.15) is 17.8 Å². The Labute approximate surface area is 209 Å². The second kappa shape index (κ2) is 12.7. The summed E-state index contributed by atoms with van der Waals surface area (Å²) in [6.45, 7) is 0.425. The van der Waals surface area contributed by atoms with E-state index < -0.39 is 35.9 Å². The summed E-state index contributed by atoms with van der Waals surface area (Å²) in [6, 6.07) is 10.8. The minimum Gasteiger partial charge on any atom is -0.508 e. The number of aromatic amines is 1. The summed E-state index contributed by atoms with van der Waals surface area (Å²) in [5.41, 5.74) is 14.2. The maximum Gasteiger partial charge on any atom is 0.326 e. The molecule has 0 saturated heterocycles. The summed E-state index contributed by atoms with van der Waals surface area (Å²) in [6.07, 6.45) is 3.54. The van der Waals surface area contributed by atoms with Crippen LogP contribution in [0.1, 0.15) is 30.4 Å². The maximum atomic E-state index is 13.1. The minimum atomic E-state index is -1.16. The van der Waals surface area contributed by atoms with Crippen molar-refractivity contribution in [3.05, 3.63) is 65.9 Å². The number of fused-ring (bicyclic) bond motifs is 1. The van der Waals surface area contributed by atoms with Crippen molar-refractivity contribution < 1.29 is 24.6 Å². The highest BCUT2D eigenvalue weighted by atomic mass is 16.4. The Morgan fingerprint density at radius 2 is 1.61 bits per heavy atom. The molecule has 0 radical (unpaired) electrons. The standard InChI is InChI=1S/C26H33N5O5/c27-12-4-3-7-22(26(35)36)30-25(34)23(13-16-8-10-18(32)11-9-16)31-24(33)20(28)14-17-15-29-21-6-2-1-5-19(17)21/h1-2,5-6,8-11,15,20,22-23,29,32H,3-4,7,12-14,27-28H2,(H,30,34)(H,31,33)(H,35,36). The van der Waals surface area contributed by atoms with E-state index in [0.29, 0.717) is 24.9 Å². The van der Waals surface area contributed by atoms with Gasteiger partial charge in [0.25, 0.3) is 0 Å². The van der Waals surface area contributed by atoms with Crippen LogP contribution in [-0.4, -0.2) is 57.7 Å². The van der Waals surface area contributed by atoms with Crippen LogP contribution in [0.15, 0.2) is 54.7 Å². The monoisotopic (exact) mass is 495 g/mol. The van der Waals surface area contributed by atoms with Crippen LogP contribution >= 0.6 is 0 Å². The molecule has 1 aromatic heterocycles. The topological polar surface area (TPSA) is 184 Å². The fourth-order valence-corrected chi connectivity index (χ4v) is 4.01. The summed E-state index contributed by atoms with van der Waals surface area (Å²) >= 11 is 0. The number of nitrogens with one attached hydrogen (secondary N) is 3. The molecule has 0 aliphatic heterocycles. The third-order valence-corrected chi connectivity index (χ3v) is 6.02. The highest BCUT2D eigenvalue weighted by molar-refractivity contribution is 5.92. The molecule has 0 aliphatic carbocycles. The fraction of sp³-hybridized carbons (Fsp3) is 0.346. The molecule has 1 heterocycles. The average Bonchev–Trinajstić information content (AvgIpc) is 3.26. The van der Waals surface area contributed by atoms with Crippen molar-refractivity contribution >= 4 is 28.7 Å². The largest absolute Gasteiger partial charge is 0.508 e. The van der Waals surface area contributed by atoms with Crippen molar-refractivity contribution in [3.8, 4) is 5.75 Å². The summed E-state index contributed by atoms with van der Waals surface area (Å²) in [5.74, 6) is -2.26. The zero-order valence-corrected chi connectivity index (χ0v) is 19.9. The van der Waals surface area contributed by atoms with E-state index in [9.17, 15) is 24.6 Å². The number of carboxylic acid groups (broad SMARTS) is 1. The maximum absolute atomic E-state index is 13.1. The SMILES string of the molecule is NCCCCC(NC(=O)C(Cc1ccc(O)cc1)NC(=O)C(N)Cc1c[nH]c2ccccc12)C(=O)O. The number of amides is 2. The molecule has 3 rings (SSSR count). The third kappa shape index (κ3) is 7.30. The molecule has 0 spiro atoms. The Bertz CT molecular complexity index is 1180. The van der Waals surface area contributed by atoms with E-state index in [4.69, 9.17) is 11.5 Å². The summed E-state index contributed by atoms with van der Waals surface area (Å²) in [7, 11) is 0. The molecular formula is C26H33N5O5. The number of hydrogen-bond donors (Lipinski definition) is 7. The quantitative estimate of drug-likeness (QED) is 0.174. The van der Waals surface area contributed by atoms with Crippen molar-refractivity contribution in [2.24, 2.45) is 11.5 Å². The van der Waals surface area contributed by atoms with Crippen LogP contribution in [0.3, 0.4) is 0 Å². The molecule has 9 N–H and O–H groups in total. The van der Waals surface area contributed by atoms with E-state index in [1.165, 1.54) is 12.1 Å². The van der Waals surface area contributed by atoms with Gasteiger partial charge in [0, 0.05) is 23.5 Å². The molecule has 192 valence electrons. The first-order chi connectivity index (χ1) is 17.3. The van der Waals surface area contributed by atoms with Crippen LogP contribution < -0.4 is 22.1 Å². The number of carboxylic acids is 1. The number of para-hydroxylation sites is 1. The van der Waals surface area contributed by atoms with Crippen molar-refractivity contribution in [3.63, 3.8) is 0 Å². The van der Waals surface area contributed by atoms with Gasteiger partial charge >= 0.3 is 5.97 Å². The number of rotatable bonds is 13. The molecule has 2 aromatic carbocycles. The zero-order chi connectivity index (χ0) is 26.1. The number of carbonyl (C=O) groups excluding carboxylic acids is 2. The number of carbonyl (C=O) groups is 3. The van der Waals surface area contributed by atoms with E-state index in [1.807, 2.05) is 24.3 Å². The lowest BCUT2D eigenvalue weighted by Crippen LogP contribution is -2.55. The number of H-pyrrole nitrogens is 1. The van der Waals surface area contributed by atoms with E-state index >= 15 is 0 Å². The molecule has 0 bridgehead atoms. The summed E-state index contributed by atoms with van der Waals surface area (Å²) in [5, 5.41) is 25.3. The second-order valence-electron chi connectivity index (χ2n) is 8.79. The molecule has 3 atom stereocenters. The number of hydrogen-bond acceptors (Lipinski definition) is 6. The molecular weight excluding hydrogens is 462 g/mol. The molecule has 36 heavy (non-hydrogen) atoms. The third-order valence-electron chi connectivity index (χ3n) is 6.02. The first kappa shape index (κ1) is 26.7. The molecule has 0 saturated carbocycles. The highest BCUT2D eigenvalue weighted by Gasteiger charge is 2.28. The minimum absolute atomic E-state index is 0.0652. The van der Waals surface area contributed by atoms with Gasteiger partial charge in [0.05, 0.1) is 6.04 Å². The van der Waals surface area contributed by atoms with Gasteiger partial charge in [-0.3, -0.25) is 9.59 Å². The second-order valence-corrected chi connectivity index (χ2v) is 8.79. The lowest BCUT2D eigenvalue weighted by molar-refractivity contribution is -0.142. The number of nitrogens with two attached hydrogens (primary N) is 2. The van der Waals surface area contributed by atoms with Crippen molar-refractivity contribution in [2.45, 2.75) is 50.2 Å². The van der Waals surface area contributed by atoms with Gasteiger partial charge < -0.3 is 37.3 Å². The predicted octanol–water partition coefficient (Wildman–Crippen LogP) is 1.17. The van der Waals surface area contributed by atoms with Gasteiger partial charge in [-0.1, -0.05) is 30.3 Å². The van der Waals surface area contributed by atoms with Crippen LogP contribution in [0.25, 0.3) is 10.9 Å². The van der Waals surface area contributed by atoms with Crippen molar-refractivity contribution in [1.82, 2.24) is 15.6 Å².